The molecule has 5 N–H and O–H groups in total. The first-order valence-corrected chi connectivity index (χ1v) is 5.20. The summed E-state index contributed by atoms with van der Waals surface area (Å²) < 4.78 is 0. The second kappa shape index (κ2) is 4.74. The number of hydrogen-bond donors (Lipinski definition) is 3. The van der Waals surface area contributed by atoms with E-state index in [2.05, 4.69) is 5.32 Å². The minimum atomic E-state index is -0.672. The number of nitrogens with two attached hydrogens (primary N) is 2. The van der Waals surface area contributed by atoms with Gasteiger partial charge in [-0.05, 0) is 32.0 Å². The van der Waals surface area contributed by atoms with Gasteiger partial charge in [0.1, 0.15) is 0 Å². The number of nitrogens with zero attached hydrogens (tertiary/aromatic N) is 1. The smallest absolute Gasteiger partial charge is 0.224 e. The number of nitrogens with one attached hydrogen (secondary N) is 1. The Morgan fingerprint density at radius 2 is 2.18 bits per heavy atom. The Labute approximate surface area is 100 Å². The molecule has 0 saturated heterocycles. The summed E-state index contributed by atoms with van der Waals surface area (Å²) in [7, 11) is 0. The lowest BCUT2D eigenvalue weighted by atomic mass is 9.92. The maximum atomic E-state index is 11.1. The number of carbonyl (C=O) groups is 1. The van der Waals surface area contributed by atoms with Crippen molar-refractivity contribution in [3.63, 3.8) is 0 Å². The molecular formula is C12H16N4O. The van der Waals surface area contributed by atoms with Crippen LogP contribution in [0.5, 0.6) is 0 Å². The molecule has 0 aliphatic carbocycles. The van der Waals surface area contributed by atoms with E-state index in [-0.39, 0.29) is 5.91 Å². The lowest BCUT2D eigenvalue weighted by Crippen LogP contribution is -2.37. The van der Waals surface area contributed by atoms with Gasteiger partial charge < -0.3 is 16.8 Å². The average Bonchev–Trinajstić information content (AvgIpc) is 2.28. The van der Waals surface area contributed by atoms with Crippen LogP contribution >= 0.6 is 0 Å². The van der Waals surface area contributed by atoms with Gasteiger partial charge in [-0.15, -0.1) is 0 Å². The maximum absolute atomic E-state index is 11.1. The van der Waals surface area contributed by atoms with E-state index in [0.717, 1.165) is 0 Å². The monoisotopic (exact) mass is 232 g/mol. The number of hydrogen-bond acceptors (Lipinski definition) is 4. The normalized spacial score (nSPS) is 10.6. The zero-order chi connectivity index (χ0) is 13.1. The summed E-state index contributed by atoms with van der Waals surface area (Å²) in [6.07, 6.45) is 0. The molecule has 0 radical (unpaired) electrons. The van der Waals surface area contributed by atoms with Gasteiger partial charge in [0.05, 0.1) is 28.4 Å². The molecule has 5 nitrogen and oxygen atoms in total. The van der Waals surface area contributed by atoms with Crippen molar-refractivity contribution < 1.29 is 4.79 Å². The van der Waals surface area contributed by atoms with E-state index >= 15 is 0 Å². The van der Waals surface area contributed by atoms with Crippen LogP contribution in [0.15, 0.2) is 18.2 Å². The molecule has 0 aliphatic heterocycles. The van der Waals surface area contributed by atoms with Gasteiger partial charge >= 0.3 is 0 Å². The van der Waals surface area contributed by atoms with Crippen LogP contribution in [0, 0.1) is 16.7 Å². The number of anilines is 2. The number of rotatable bonds is 4. The van der Waals surface area contributed by atoms with Gasteiger partial charge in [-0.25, -0.2) is 0 Å². The molecular weight excluding hydrogens is 216 g/mol. The van der Waals surface area contributed by atoms with Crippen molar-refractivity contribution in [1.29, 1.82) is 5.26 Å². The van der Waals surface area contributed by atoms with E-state index < -0.39 is 5.41 Å². The van der Waals surface area contributed by atoms with Crippen LogP contribution in [0.1, 0.15) is 19.4 Å². The van der Waals surface area contributed by atoms with E-state index in [1.54, 1.807) is 32.0 Å². The predicted molar refractivity (Wildman–Crippen MR) is 67.0 cm³/mol. The van der Waals surface area contributed by atoms with Gasteiger partial charge in [-0.2, -0.15) is 5.26 Å². The van der Waals surface area contributed by atoms with Crippen LogP contribution in [-0.4, -0.2) is 12.5 Å². The van der Waals surface area contributed by atoms with Gasteiger partial charge in [-0.3, -0.25) is 4.79 Å². The van der Waals surface area contributed by atoms with E-state index in [9.17, 15) is 4.79 Å². The fourth-order valence-electron chi connectivity index (χ4n) is 1.18. The van der Waals surface area contributed by atoms with Gasteiger partial charge in [0.2, 0.25) is 5.91 Å². The van der Waals surface area contributed by atoms with Gasteiger partial charge in [0.25, 0.3) is 0 Å². The first-order chi connectivity index (χ1) is 7.86. The summed E-state index contributed by atoms with van der Waals surface area (Å²) in [5.41, 5.74) is 12.0. The molecule has 0 atom stereocenters. The molecule has 0 unspecified atom stereocenters. The quantitative estimate of drug-likeness (QED) is 0.675. The van der Waals surface area contributed by atoms with E-state index in [1.807, 2.05) is 6.07 Å². The summed E-state index contributed by atoms with van der Waals surface area (Å²) in [6, 6.07) is 6.96. The zero-order valence-corrected chi connectivity index (χ0v) is 9.95. The van der Waals surface area contributed by atoms with Gasteiger partial charge in [0.15, 0.2) is 0 Å². The highest BCUT2D eigenvalue weighted by molar-refractivity contribution is 5.81. The van der Waals surface area contributed by atoms with Crippen molar-refractivity contribution in [2.45, 2.75) is 13.8 Å². The summed E-state index contributed by atoms with van der Waals surface area (Å²) in [5, 5.41) is 11.8. The highest BCUT2D eigenvalue weighted by atomic mass is 16.1. The predicted octanol–water partition coefficient (Wildman–Crippen LogP) is 1.06. The van der Waals surface area contributed by atoms with Crippen LogP contribution in [0.4, 0.5) is 11.4 Å². The number of nitriles is 1. The standard InChI is InChI=1S/C12H16N4O/c1-12(2,11(15)17)7-16-10-5-8(6-13)3-4-9(10)14/h3-5,16H,7,14H2,1-2H3,(H2,15,17). The Bertz CT molecular complexity index is 474. The minimum Gasteiger partial charge on any atom is -0.397 e. The molecule has 0 aliphatic rings. The van der Waals surface area contributed by atoms with Crippen molar-refractivity contribution in [3.8, 4) is 6.07 Å². The van der Waals surface area contributed by atoms with Crippen molar-refractivity contribution in [2.75, 3.05) is 17.6 Å². The Morgan fingerprint density at radius 3 is 2.71 bits per heavy atom. The SMILES string of the molecule is CC(C)(CNc1cc(C#N)ccc1N)C(N)=O. The first kappa shape index (κ1) is 12.8. The second-order valence-electron chi connectivity index (χ2n) is 4.52. The Morgan fingerprint density at radius 1 is 1.53 bits per heavy atom. The van der Waals surface area contributed by atoms with Crippen molar-refractivity contribution >= 4 is 17.3 Å². The molecule has 17 heavy (non-hydrogen) atoms. The lowest BCUT2D eigenvalue weighted by Gasteiger charge is -2.22. The maximum Gasteiger partial charge on any atom is 0.224 e. The summed E-state index contributed by atoms with van der Waals surface area (Å²) >= 11 is 0. The van der Waals surface area contributed by atoms with Crippen LogP contribution in [-0.2, 0) is 4.79 Å². The highest BCUT2D eigenvalue weighted by Crippen LogP contribution is 2.22. The van der Waals surface area contributed by atoms with Gasteiger partial charge in [-0.1, -0.05) is 0 Å². The number of amides is 1. The second-order valence-corrected chi connectivity index (χ2v) is 4.52. The minimum absolute atomic E-state index is 0.363. The third-order valence-electron chi connectivity index (χ3n) is 2.57. The molecule has 0 heterocycles. The molecule has 1 aromatic carbocycles. The molecule has 1 amide bonds. The molecule has 0 aromatic heterocycles. The van der Waals surface area contributed by atoms with Crippen molar-refractivity contribution in [1.82, 2.24) is 0 Å². The van der Waals surface area contributed by atoms with Crippen molar-refractivity contribution in [3.05, 3.63) is 23.8 Å². The third-order valence-corrected chi connectivity index (χ3v) is 2.57. The molecule has 5 heteroatoms. The van der Waals surface area contributed by atoms with Gasteiger partial charge in [0, 0.05) is 6.54 Å². The average molecular weight is 232 g/mol. The largest absolute Gasteiger partial charge is 0.397 e. The van der Waals surface area contributed by atoms with Crippen molar-refractivity contribution in [2.24, 2.45) is 11.1 Å². The Hall–Kier alpha value is -2.22. The summed E-state index contributed by atoms with van der Waals surface area (Å²) in [6.45, 7) is 3.85. The Kier molecular flexibility index (Phi) is 3.59. The summed E-state index contributed by atoms with van der Waals surface area (Å²) in [4.78, 5) is 11.1. The number of benzene rings is 1. The molecule has 1 aromatic rings. The molecule has 0 spiro atoms. The van der Waals surface area contributed by atoms with E-state index in [4.69, 9.17) is 16.7 Å². The fourth-order valence-corrected chi connectivity index (χ4v) is 1.18. The molecule has 90 valence electrons. The van der Waals surface area contributed by atoms with Crippen LogP contribution < -0.4 is 16.8 Å². The molecule has 0 fully saturated rings. The summed E-state index contributed by atoms with van der Waals surface area (Å²) in [5.74, 6) is -0.389. The Balaban J connectivity index is 2.83. The number of nitrogen functional groups attached to an aromatic ring is 1. The van der Waals surface area contributed by atoms with Crippen LogP contribution in [0.3, 0.4) is 0 Å². The third kappa shape index (κ3) is 3.11. The number of carbonyl (C=O) groups excluding carboxylic acids is 1. The topological polar surface area (TPSA) is 105 Å². The lowest BCUT2D eigenvalue weighted by molar-refractivity contribution is -0.125. The molecule has 0 bridgehead atoms. The highest BCUT2D eigenvalue weighted by Gasteiger charge is 2.24. The first-order valence-electron chi connectivity index (χ1n) is 5.20. The van der Waals surface area contributed by atoms with E-state index in [0.29, 0.717) is 23.5 Å². The zero-order valence-electron chi connectivity index (χ0n) is 9.95. The molecule has 0 saturated carbocycles. The fraction of sp³-hybridized carbons (Fsp3) is 0.333. The van der Waals surface area contributed by atoms with Crippen LogP contribution in [0.25, 0.3) is 0 Å². The molecule has 1 rings (SSSR count). The number of primary amides is 1. The van der Waals surface area contributed by atoms with Crippen LogP contribution in [0.2, 0.25) is 0 Å². The van der Waals surface area contributed by atoms with E-state index in [1.165, 1.54) is 0 Å².